The number of aryl methyl sites for hydroxylation is 1. The Kier molecular flexibility index (Phi) is 6.77. The van der Waals surface area contributed by atoms with Crippen LogP contribution in [0.3, 0.4) is 0 Å². The number of amides is 2. The van der Waals surface area contributed by atoms with E-state index in [0.29, 0.717) is 0 Å². The van der Waals surface area contributed by atoms with Crippen molar-refractivity contribution in [2.45, 2.75) is 46.2 Å². The number of thiazole rings is 1. The maximum atomic E-state index is 11.8. The van der Waals surface area contributed by atoms with Crippen molar-refractivity contribution in [1.82, 2.24) is 15.6 Å². The number of nitrogens with zero attached hydrogens (tertiary/aromatic N) is 1. The highest BCUT2D eigenvalue weighted by atomic mass is 32.1. The number of rotatable bonds is 7. The Bertz CT molecular complexity index is 487. The Balaban J connectivity index is 2.41. The molecule has 2 atom stereocenters. The molecule has 21 heavy (non-hydrogen) atoms. The van der Waals surface area contributed by atoms with E-state index < -0.39 is 6.04 Å². The quantitative estimate of drug-likeness (QED) is 0.699. The molecule has 0 aliphatic carbocycles. The lowest BCUT2D eigenvalue weighted by Crippen LogP contribution is -2.47. The van der Waals surface area contributed by atoms with Crippen LogP contribution in [-0.4, -0.2) is 29.4 Å². The Labute approximate surface area is 129 Å². The SMILES string of the molecule is CCc1cnc(C(C)NC(=O)CNC(=O)[C@@H](N)C(C)C)s1. The summed E-state index contributed by atoms with van der Waals surface area (Å²) in [6, 6.07) is -0.764. The summed E-state index contributed by atoms with van der Waals surface area (Å²) in [5.41, 5.74) is 5.70. The number of carbonyl (C=O) groups is 2. The molecule has 4 N–H and O–H groups in total. The Morgan fingerprint density at radius 2 is 2.05 bits per heavy atom. The van der Waals surface area contributed by atoms with E-state index in [1.54, 1.807) is 11.3 Å². The van der Waals surface area contributed by atoms with Gasteiger partial charge in [0.25, 0.3) is 0 Å². The molecule has 1 aromatic rings. The fourth-order valence-corrected chi connectivity index (χ4v) is 2.49. The van der Waals surface area contributed by atoms with Crippen LogP contribution in [0.2, 0.25) is 0 Å². The highest BCUT2D eigenvalue weighted by molar-refractivity contribution is 7.11. The minimum absolute atomic E-state index is 0.0368. The summed E-state index contributed by atoms with van der Waals surface area (Å²) >= 11 is 1.58. The maximum absolute atomic E-state index is 11.8. The van der Waals surface area contributed by atoms with Gasteiger partial charge in [0.1, 0.15) is 5.01 Å². The standard InChI is InChI=1S/C14H24N4O2S/c1-5-10-6-17-14(21-10)9(4)18-11(19)7-16-13(20)12(15)8(2)3/h6,8-9,12H,5,7,15H2,1-4H3,(H,16,20)(H,18,19)/t9?,12-/m0/s1. The van der Waals surface area contributed by atoms with E-state index in [1.165, 1.54) is 4.88 Å². The number of nitrogens with two attached hydrogens (primary N) is 1. The molecule has 6 nitrogen and oxygen atoms in total. The third-order valence-corrected chi connectivity index (χ3v) is 4.44. The van der Waals surface area contributed by atoms with Crippen molar-refractivity contribution in [3.8, 4) is 0 Å². The Hall–Kier alpha value is -1.47. The number of aromatic nitrogens is 1. The van der Waals surface area contributed by atoms with E-state index in [0.717, 1.165) is 11.4 Å². The normalized spacial score (nSPS) is 13.8. The topological polar surface area (TPSA) is 97.1 Å². The molecular formula is C14H24N4O2S. The summed E-state index contributed by atoms with van der Waals surface area (Å²) in [4.78, 5) is 28.9. The van der Waals surface area contributed by atoms with Crippen molar-refractivity contribution in [3.05, 3.63) is 16.1 Å². The summed E-state index contributed by atoms with van der Waals surface area (Å²) in [6.07, 6.45) is 2.76. The largest absolute Gasteiger partial charge is 0.346 e. The predicted molar refractivity (Wildman–Crippen MR) is 83.9 cm³/mol. The summed E-state index contributed by atoms with van der Waals surface area (Å²) in [6.45, 7) is 7.59. The predicted octanol–water partition coefficient (Wildman–Crippen LogP) is 0.982. The molecule has 1 heterocycles. The van der Waals surface area contributed by atoms with E-state index >= 15 is 0 Å². The van der Waals surface area contributed by atoms with Gasteiger partial charge in [0, 0.05) is 11.1 Å². The zero-order chi connectivity index (χ0) is 16.0. The molecule has 0 bridgehead atoms. The molecule has 0 aliphatic rings. The van der Waals surface area contributed by atoms with Gasteiger partial charge in [-0.15, -0.1) is 11.3 Å². The summed E-state index contributed by atoms with van der Waals surface area (Å²) in [7, 11) is 0. The second kappa shape index (κ2) is 8.09. The average molecular weight is 312 g/mol. The molecule has 2 amide bonds. The molecule has 0 spiro atoms. The van der Waals surface area contributed by atoms with Crippen molar-refractivity contribution in [2.24, 2.45) is 11.7 Å². The van der Waals surface area contributed by atoms with Crippen LogP contribution in [0, 0.1) is 5.92 Å². The van der Waals surface area contributed by atoms with Gasteiger partial charge in [-0.3, -0.25) is 9.59 Å². The van der Waals surface area contributed by atoms with Gasteiger partial charge in [0.15, 0.2) is 0 Å². The second-order valence-electron chi connectivity index (χ2n) is 5.30. The molecule has 0 radical (unpaired) electrons. The van der Waals surface area contributed by atoms with Crippen LogP contribution in [0.15, 0.2) is 6.20 Å². The molecule has 1 aromatic heterocycles. The van der Waals surface area contributed by atoms with E-state index in [4.69, 9.17) is 5.73 Å². The third kappa shape index (κ3) is 5.43. The molecule has 118 valence electrons. The molecule has 0 fully saturated rings. The molecular weight excluding hydrogens is 288 g/mol. The summed E-state index contributed by atoms with van der Waals surface area (Å²) < 4.78 is 0. The first kappa shape index (κ1) is 17.6. The van der Waals surface area contributed by atoms with Gasteiger partial charge < -0.3 is 16.4 Å². The molecule has 7 heteroatoms. The van der Waals surface area contributed by atoms with Crippen molar-refractivity contribution < 1.29 is 9.59 Å². The van der Waals surface area contributed by atoms with E-state index in [1.807, 2.05) is 27.0 Å². The van der Waals surface area contributed by atoms with Crippen LogP contribution in [0.1, 0.15) is 43.6 Å². The molecule has 1 rings (SSSR count). The van der Waals surface area contributed by atoms with Crippen molar-refractivity contribution in [2.75, 3.05) is 6.54 Å². The third-order valence-electron chi connectivity index (χ3n) is 3.11. The zero-order valence-corrected chi connectivity index (χ0v) is 13.8. The summed E-state index contributed by atoms with van der Waals surface area (Å²) in [5, 5.41) is 6.22. The highest BCUT2D eigenvalue weighted by Crippen LogP contribution is 2.19. The van der Waals surface area contributed by atoms with Crippen LogP contribution in [0.4, 0.5) is 0 Å². The van der Waals surface area contributed by atoms with Gasteiger partial charge in [-0.05, 0) is 19.3 Å². The maximum Gasteiger partial charge on any atom is 0.239 e. The molecule has 0 aliphatic heterocycles. The van der Waals surface area contributed by atoms with Crippen LogP contribution < -0.4 is 16.4 Å². The van der Waals surface area contributed by atoms with Crippen LogP contribution >= 0.6 is 11.3 Å². The average Bonchev–Trinajstić information content (AvgIpc) is 2.92. The van der Waals surface area contributed by atoms with Gasteiger partial charge >= 0.3 is 0 Å². The zero-order valence-electron chi connectivity index (χ0n) is 13.0. The van der Waals surface area contributed by atoms with Crippen molar-refractivity contribution in [3.63, 3.8) is 0 Å². The lowest BCUT2D eigenvalue weighted by atomic mass is 10.1. The van der Waals surface area contributed by atoms with E-state index in [9.17, 15) is 9.59 Å². The summed E-state index contributed by atoms with van der Waals surface area (Å²) in [5.74, 6) is -0.523. The number of nitrogens with one attached hydrogen (secondary N) is 2. The molecule has 1 unspecified atom stereocenters. The van der Waals surface area contributed by atoms with E-state index in [-0.39, 0.29) is 30.3 Å². The van der Waals surface area contributed by atoms with E-state index in [2.05, 4.69) is 22.5 Å². The van der Waals surface area contributed by atoms with Crippen LogP contribution in [0.25, 0.3) is 0 Å². The lowest BCUT2D eigenvalue weighted by molar-refractivity contribution is -0.127. The van der Waals surface area contributed by atoms with Gasteiger partial charge in [-0.2, -0.15) is 0 Å². The van der Waals surface area contributed by atoms with Gasteiger partial charge in [0.05, 0.1) is 18.6 Å². The first-order chi connectivity index (χ1) is 9.85. The fraction of sp³-hybridized carbons (Fsp3) is 0.643. The highest BCUT2D eigenvalue weighted by Gasteiger charge is 2.18. The first-order valence-corrected chi connectivity index (χ1v) is 7.94. The van der Waals surface area contributed by atoms with Crippen molar-refractivity contribution in [1.29, 1.82) is 0 Å². The van der Waals surface area contributed by atoms with Gasteiger partial charge in [0.2, 0.25) is 11.8 Å². The first-order valence-electron chi connectivity index (χ1n) is 7.12. The molecule has 0 saturated heterocycles. The monoisotopic (exact) mass is 312 g/mol. The van der Waals surface area contributed by atoms with Crippen LogP contribution in [0.5, 0.6) is 0 Å². The molecule has 0 saturated carbocycles. The number of carbonyl (C=O) groups excluding carboxylic acids is 2. The smallest absolute Gasteiger partial charge is 0.239 e. The minimum atomic E-state index is -0.596. The fourth-order valence-electron chi connectivity index (χ4n) is 1.63. The van der Waals surface area contributed by atoms with Gasteiger partial charge in [-0.25, -0.2) is 4.98 Å². The molecule has 0 aromatic carbocycles. The lowest BCUT2D eigenvalue weighted by Gasteiger charge is -2.16. The Morgan fingerprint density at radius 1 is 1.38 bits per heavy atom. The second-order valence-corrected chi connectivity index (χ2v) is 6.44. The number of hydrogen-bond donors (Lipinski definition) is 3. The van der Waals surface area contributed by atoms with Gasteiger partial charge in [-0.1, -0.05) is 20.8 Å². The minimum Gasteiger partial charge on any atom is -0.346 e. The van der Waals surface area contributed by atoms with Crippen molar-refractivity contribution >= 4 is 23.2 Å². The Morgan fingerprint density at radius 3 is 2.57 bits per heavy atom. The van der Waals surface area contributed by atoms with Crippen LogP contribution in [-0.2, 0) is 16.0 Å². The number of hydrogen-bond acceptors (Lipinski definition) is 5.